The Balaban J connectivity index is 2.09. The highest BCUT2D eigenvalue weighted by atomic mass is 32.2. The maximum absolute atomic E-state index is 12.3. The first-order valence-corrected chi connectivity index (χ1v) is 8.31. The van der Waals surface area contributed by atoms with Crippen molar-refractivity contribution in [1.29, 1.82) is 0 Å². The molecule has 2 aromatic rings. The highest BCUT2D eigenvalue weighted by Crippen LogP contribution is 2.19. The van der Waals surface area contributed by atoms with Crippen LogP contribution in [-0.2, 0) is 14.8 Å². The van der Waals surface area contributed by atoms with Gasteiger partial charge in [-0.25, -0.2) is 8.42 Å². The normalized spacial score (nSPS) is 11.2. The minimum absolute atomic E-state index is 0.188. The van der Waals surface area contributed by atoms with E-state index in [-0.39, 0.29) is 4.90 Å². The summed E-state index contributed by atoms with van der Waals surface area (Å²) in [6.07, 6.45) is 0. The molecule has 2 aromatic carbocycles. The lowest BCUT2D eigenvalue weighted by molar-refractivity contribution is 0.146. The first kappa shape index (κ1) is 16.3. The number of nitrogens with one attached hydrogen (secondary N) is 1. The summed E-state index contributed by atoms with van der Waals surface area (Å²) in [5, 5.41) is 0. The van der Waals surface area contributed by atoms with Gasteiger partial charge < -0.3 is 9.47 Å². The van der Waals surface area contributed by atoms with E-state index in [4.69, 9.17) is 9.47 Å². The van der Waals surface area contributed by atoms with Crippen LogP contribution in [0.3, 0.4) is 0 Å². The molecule has 0 aliphatic carbocycles. The summed E-state index contributed by atoms with van der Waals surface area (Å²) in [6, 6.07) is 13.5. The van der Waals surface area contributed by atoms with Crippen LogP contribution in [0.15, 0.2) is 53.4 Å². The largest absolute Gasteiger partial charge is 0.491 e. The van der Waals surface area contributed by atoms with Crippen molar-refractivity contribution >= 4 is 15.7 Å². The molecule has 1 N–H and O–H groups in total. The van der Waals surface area contributed by atoms with Crippen molar-refractivity contribution in [2.24, 2.45) is 0 Å². The van der Waals surface area contributed by atoms with E-state index in [0.29, 0.717) is 24.7 Å². The van der Waals surface area contributed by atoms with Crippen LogP contribution in [0, 0.1) is 6.92 Å². The van der Waals surface area contributed by atoms with Gasteiger partial charge in [0.05, 0.1) is 11.5 Å². The number of methoxy groups -OCH3 is 1. The van der Waals surface area contributed by atoms with Gasteiger partial charge in [0, 0.05) is 12.8 Å². The molecule has 0 aliphatic rings. The first-order chi connectivity index (χ1) is 10.5. The number of hydrogen-bond donors (Lipinski definition) is 1. The van der Waals surface area contributed by atoms with E-state index in [1.807, 2.05) is 13.0 Å². The zero-order valence-electron chi connectivity index (χ0n) is 12.6. The smallest absolute Gasteiger partial charge is 0.261 e. The zero-order chi connectivity index (χ0) is 16.0. The van der Waals surface area contributed by atoms with E-state index in [1.165, 1.54) is 12.1 Å². The Bertz CT molecular complexity index is 711. The molecule has 0 heterocycles. The van der Waals surface area contributed by atoms with E-state index in [9.17, 15) is 8.42 Å². The molecule has 0 amide bonds. The first-order valence-electron chi connectivity index (χ1n) is 6.82. The standard InChI is InChI=1S/C16H19NO4S/c1-13-4-3-5-14(12-13)17-22(18,19)16-8-6-15(7-9-16)21-11-10-20-2/h3-9,12,17H,10-11H2,1-2H3. The summed E-state index contributed by atoms with van der Waals surface area (Å²) < 4.78 is 37.5. The lowest BCUT2D eigenvalue weighted by Crippen LogP contribution is -2.13. The summed E-state index contributed by atoms with van der Waals surface area (Å²) in [5.74, 6) is 0.603. The second kappa shape index (κ2) is 7.29. The molecular formula is C16H19NO4S. The Kier molecular flexibility index (Phi) is 5.41. The fourth-order valence-corrected chi connectivity index (χ4v) is 2.93. The van der Waals surface area contributed by atoms with Gasteiger partial charge in [-0.15, -0.1) is 0 Å². The van der Waals surface area contributed by atoms with Gasteiger partial charge >= 0.3 is 0 Å². The average Bonchev–Trinajstić information content (AvgIpc) is 2.47. The average molecular weight is 321 g/mol. The molecule has 2 rings (SSSR count). The van der Waals surface area contributed by atoms with Gasteiger partial charge in [-0.3, -0.25) is 4.72 Å². The van der Waals surface area contributed by atoms with E-state index >= 15 is 0 Å². The maximum atomic E-state index is 12.3. The minimum Gasteiger partial charge on any atom is -0.491 e. The van der Waals surface area contributed by atoms with Crippen molar-refractivity contribution in [3.8, 4) is 5.75 Å². The number of hydrogen-bond acceptors (Lipinski definition) is 4. The van der Waals surface area contributed by atoms with Crippen LogP contribution in [0.4, 0.5) is 5.69 Å². The van der Waals surface area contributed by atoms with Crippen LogP contribution in [-0.4, -0.2) is 28.7 Å². The number of sulfonamides is 1. The summed E-state index contributed by atoms with van der Waals surface area (Å²) in [6.45, 7) is 2.81. The summed E-state index contributed by atoms with van der Waals surface area (Å²) in [5.41, 5.74) is 1.53. The van der Waals surface area contributed by atoms with Gasteiger partial charge in [-0.05, 0) is 48.9 Å². The highest BCUT2D eigenvalue weighted by molar-refractivity contribution is 7.92. The number of aryl methyl sites for hydroxylation is 1. The molecule has 0 saturated carbocycles. The van der Waals surface area contributed by atoms with Gasteiger partial charge in [0.25, 0.3) is 10.0 Å². The Morgan fingerprint density at radius 3 is 2.41 bits per heavy atom. The molecule has 0 aromatic heterocycles. The molecule has 0 radical (unpaired) electrons. The molecular weight excluding hydrogens is 302 g/mol. The monoisotopic (exact) mass is 321 g/mol. The number of ether oxygens (including phenoxy) is 2. The molecule has 0 aliphatic heterocycles. The van der Waals surface area contributed by atoms with Crippen molar-refractivity contribution in [2.45, 2.75) is 11.8 Å². The number of benzene rings is 2. The van der Waals surface area contributed by atoms with Gasteiger partial charge in [0.1, 0.15) is 12.4 Å². The van der Waals surface area contributed by atoms with Gasteiger partial charge in [-0.2, -0.15) is 0 Å². The van der Waals surface area contributed by atoms with Gasteiger partial charge in [-0.1, -0.05) is 12.1 Å². The van der Waals surface area contributed by atoms with E-state index in [1.54, 1.807) is 37.4 Å². The SMILES string of the molecule is COCCOc1ccc(S(=O)(=O)Nc2cccc(C)c2)cc1. The highest BCUT2D eigenvalue weighted by Gasteiger charge is 2.14. The van der Waals surface area contributed by atoms with E-state index in [2.05, 4.69) is 4.72 Å². The van der Waals surface area contributed by atoms with E-state index < -0.39 is 10.0 Å². The summed E-state index contributed by atoms with van der Waals surface area (Å²) in [7, 11) is -2.01. The molecule has 0 saturated heterocycles. The van der Waals surface area contributed by atoms with Crippen molar-refractivity contribution in [3.63, 3.8) is 0 Å². The Morgan fingerprint density at radius 2 is 1.77 bits per heavy atom. The van der Waals surface area contributed by atoms with Crippen LogP contribution >= 0.6 is 0 Å². The van der Waals surface area contributed by atoms with Crippen LogP contribution < -0.4 is 9.46 Å². The molecule has 0 fully saturated rings. The molecule has 0 spiro atoms. The van der Waals surface area contributed by atoms with Gasteiger partial charge in [0.15, 0.2) is 0 Å². The molecule has 22 heavy (non-hydrogen) atoms. The maximum Gasteiger partial charge on any atom is 0.261 e. The van der Waals surface area contributed by atoms with Crippen LogP contribution in [0.25, 0.3) is 0 Å². The van der Waals surface area contributed by atoms with Crippen molar-refractivity contribution < 1.29 is 17.9 Å². The second-order valence-corrected chi connectivity index (χ2v) is 6.47. The molecule has 6 heteroatoms. The molecule has 0 bridgehead atoms. The molecule has 5 nitrogen and oxygen atoms in total. The predicted octanol–water partition coefficient (Wildman–Crippen LogP) is 2.82. The third kappa shape index (κ3) is 4.47. The lowest BCUT2D eigenvalue weighted by Gasteiger charge is -2.10. The van der Waals surface area contributed by atoms with Crippen molar-refractivity contribution in [3.05, 3.63) is 54.1 Å². The third-order valence-electron chi connectivity index (χ3n) is 2.96. The summed E-state index contributed by atoms with van der Waals surface area (Å²) in [4.78, 5) is 0.188. The summed E-state index contributed by atoms with van der Waals surface area (Å²) >= 11 is 0. The van der Waals surface area contributed by atoms with Crippen LogP contribution in [0.1, 0.15) is 5.56 Å². The molecule has 0 atom stereocenters. The van der Waals surface area contributed by atoms with Crippen molar-refractivity contribution in [2.75, 3.05) is 25.0 Å². The Labute approximate surface area is 130 Å². The van der Waals surface area contributed by atoms with Gasteiger partial charge in [0.2, 0.25) is 0 Å². The number of anilines is 1. The third-order valence-corrected chi connectivity index (χ3v) is 4.36. The van der Waals surface area contributed by atoms with Crippen LogP contribution in [0.2, 0.25) is 0 Å². The predicted molar refractivity (Wildman–Crippen MR) is 85.8 cm³/mol. The number of rotatable bonds is 7. The fourth-order valence-electron chi connectivity index (χ4n) is 1.88. The fraction of sp³-hybridized carbons (Fsp3) is 0.250. The molecule has 118 valence electrons. The quantitative estimate of drug-likeness (QED) is 0.797. The minimum atomic E-state index is -3.60. The Morgan fingerprint density at radius 1 is 1.05 bits per heavy atom. The van der Waals surface area contributed by atoms with Crippen molar-refractivity contribution in [1.82, 2.24) is 0 Å². The Hall–Kier alpha value is -2.05. The zero-order valence-corrected chi connectivity index (χ0v) is 13.4. The molecule has 0 unspecified atom stereocenters. The second-order valence-electron chi connectivity index (χ2n) is 4.79. The van der Waals surface area contributed by atoms with Crippen LogP contribution in [0.5, 0.6) is 5.75 Å². The lowest BCUT2D eigenvalue weighted by atomic mass is 10.2. The topological polar surface area (TPSA) is 64.6 Å². The van der Waals surface area contributed by atoms with E-state index in [0.717, 1.165) is 5.56 Å².